The fourth-order valence-electron chi connectivity index (χ4n) is 3.71. The Morgan fingerprint density at radius 1 is 1.26 bits per heavy atom. The number of carbonyl (C=O) groups is 1. The summed E-state index contributed by atoms with van der Waals surface area (Å²) >= 11 is 1.41. The van der Waals surface area contributed by atoms with Crippen LogP contribution in [-0.4, -0.2) is 34.9 Å². The van der Waals surface area contributed by atoms with Crippen LogP contribution in [0.1, 0.15) is 35.2 Å². The highest BCUT2D eigenvalue weighted by Gasteiger charge is 2.22. The van der Waals surface area contributed by atoms with Crippen LogP contribution in [0.4, 0.5) is 10.7 Å². The first kappa shape index (κ1) is 17.9. The number of fused-ring (bicyclic) bond motifs is 1. The molecule has 4 rings (SSSR count). The van der Waals surface area contributed by atoms with E-state index in [4.69, 9.17) is 11.5 Å². The van der Waals surface area contributed by atoms with Crippen LogP contribution in [0.3, 0.4) is 0 Å². The molecule has 0 spiro atoms. The SMILES string of the molecule is Nc1sc2cccnc2c1C(=O)Cc1cnccc1N1CCCC(N)CC1. The molecule has 1 aliphatic rings. The fraction of sp³-hybridized carbons (Fsp3) is 0.350. The van der Waals surface area contributed by atoms with Crippen molar-refractivity contribution in [1.29, 1.82) is 0 Å². The first-order valence-corrected chi connectivity index (χ1v) is 10.0. The number of nitrogens with two attached hydrogens (primary N) is 2. The lowest BCUT2D eigenvalue weighted by molar-refractivity contribution is 0.0995. The van der Waals surface area contributed by atoms with Crippen LogP contribution in [0.2, 0.25) is 0 Å². The maximum atomic E-state index is 13.1. The van der Waals surface area contributed by atoms with Gasteiger partial charge in [-0.05, 0) is 37.5 Å². The van der Waals surface area contributed by atoms with Gasteiger partial charge in [0.25, 0.3) is 0 Å². The van der Waals surface area contributed by atoms with E-state index in [1.807, 2.05) is 18.2 Å². The summed E-state index contributed by atoms with van der Waals surface area (Å²) in [5, 5.41) is 0.528. The van der Waals surface area contributed by atoms with Crippen LogP contribution in [-0.2, 0) is 6.42 Å². The van der Waals surface area contributed by atoms with Crippen LogP contribution >= 0.6 is 11.3 Å². The molecule has 0 aliphatic carbocycles. The number of nitrogen functional groups attached to an aromatic ring is 1. The molecule has 0 radical (unpaired) electrons. The van der Waals surface area contributed by atoms with Crippen molar-refractivity contribution in [3.63, 3.8) is 0 Å². The van der Waals surface area contributed by atoms with E-state index in [0.29, 0.717) is 16.1 Å². The van der Waals surface area contributed by atoms with Gasteiger partial charge in [0.2, 0.25) is 0 Å². The largest absolute Gasteiger partial charge is 0.390 e. The summed E-state index contributed by atoms with van der Waals surface area (Å²) in [4.78, 5) is 24.0. The predicted molar refractivity (Wildman–Crippen MR) is 110 cm³/mol. The summed E-state index contributed by atoms with van der Waals surface area (Å²) in [6.45, 7) is 1.85. The standard InChI is InChI=1S/C20H23N5OS/c21-14-3-2-9-25(10-6-14)15-5-8-23-12-13(15)11-16(26)18-19-17(27-20(18)22)4-1-7-24-19/h1,4-5,7-8,12,14H,2-3,6,9-11,21-22H2. The molecule has 4 heterocycles. The number of ketones is 1. The Morgan fingerprint density at radius 3 is 3.04 bits per heavy atom. The van der Waals surface area contributed by atoms with Gasteiger partial charge in [-0.3, -0.25) is 14.8 Å². The molecule has 6 nitrogen and oxygen atoms in total. The lowest BCUT2D eigenvalue weighted by atomic mass is 10.0. The zero-order valence-corrected chi connectivity index (χ0v) is 15.9. The van der Waals surface area contributed by atoms with Crippen molar-refractivity contribution in [3.8, 4) is 0 Å². The van der Waals surface area contributed by atoms with E-state index in [1.54, 1.807) is 18.6 Å². The van der Waals surface area contributed by atoms with Crippen molar-refractivity contribution in [2.24, 2.45) is 5.73 Å². The summed E-state index contributed by atoms with van der Waals surface area (Å²) < 4.78 is 0.936. The Kier molecular flexibility index (Phi) is 5.05. The van der Waals surface area contributed by atoms with Gasteiger partial charge in [-0.1, -0.05) is 0 Å². The molecule has 140 valence electrons. The second-order valence-electron chi connectivity index (χ2n) is 6.97. The Labute approximate surface area is 162 Å². The third kappa shape index (κ3) is 3.65. The Balaban J connectivity index is 1.63. The van der Waals surface area contributed by atoms with Gasteiger partial charge in [0.05, 0.1) is 20.8 Å². The predicted octanol–water partition coefficient (Wildman–Crippen LogP) is 3.02. The molecule has 1 fully saturated rings. The Morgan fingerprint density at radius 2 is 2.15 bits per heavy atom. The normalized spacial score (nSPS) is 17.8. The molecular formula is C20H23N5OS. The minimum Gasteiger partial charge on any atom is -0.390 e. The lowest BCUT2D eigenvalue weighted by Crippen LogP contribution is -2.27. The molecule has 3 aromatic heterocycles. The van der Waals surface area contributed by atoms with Gasteiger partial charge in [0, 0.05) is 55.4 Å². The maximum Gasteiger partial charge on any atom is 0.172 e. The first-order chi connectivity index (χ1) is 13.1. The number of rotatable bonds is 4. The van der Waals surface area contributed by atoms with E-state index < -0.39 is 0 Å². The monoisotopic (exact) mass is 381 g/mol. The quantitative estimate of drug-likeness (QED) is 0.674. The number of nitrogens with zero attached hydrogens (tertiary/aromatic N) is 3. The van der Waals surface area contributed by atoms with E-state index in [9.17, 15) is 4.79 Å². The topological polar surface area (TPSA) is 98.1 Å². The smallest absolute Gasteiger partial charge is 0.172 e. The second kappa shape index (κ2) is 7.62. The number of carbonyl (C=O) groups excluding carboxylic acids is 1. The van der Waals surface area contributed by atoms with Gasteiger partial charge in [-0.15, -0.1) is 11.3 Å². The first-order valence-electron chi connectivity index (χ1n) is 9.23. The summed E-state index contributed by atoms with van der Waals surface area (Å²) in [6, 6.07) is 6.04. The molecule has 1 atom stereocenters. The van der Waals surface area contributed by atoms with Crippen molar-refractivity contribution in [1.82, 2.24) is 9.97 Å². The average molecular weight is 382 g/mol. The van der Waals surface area contributed by atoms with Crippen molar-refractivity contribution in [3.05, 3.63) is 47.9 Å². The summed E-state index contributed by atoms with van der Waals surface area (Å²) in [7, 11) is 0. The molecule has 3 aromatic rings. The number of aromatic nitrogens is 2. The molecule has 0 amide bonds. The summed E-state index contributed by atoms with van der Waals surface area (Å²) in [6.07, 6.45) is 8.59. The Hall–Kier alpha value is -2.51. The summed E-state index contributed by atoms with van der Waals surface area (Å²) in [5.41, 5.74) is 15.5. The highest BCUT2D eigenvalue weighted by molar-refractivity contribution is 7.23. The van der Waals surface area contributed by atoms with Gasteiger partial charge < -0.3 is 16.4 Å². The van der Waals surface area contributed by atoms with Crippen molar-refractivity contribution >= 4 is 38.0 Å². The fourth-order valence-corrected chi connectivity index (χ4v) is 4.65. The van der Waals surface area contributed by atoms with E-state index in [1.165, 1.54) is 11.3 Å². The minimum absolute atomic E-state index is 0.0155. The Bertz CT molecular complexity index is 970. The maximum absolute atomic E-state index is 13.1. The molecule has 4 N–H and O–H groups in total. The number of anilines is 2. The summed E-state index contributed by atoms with van der Waals surface area (Å²) in [5.74, 6) is -0.0155. The third-order valence-electron chi connectivity index (χ3n) is 5.09. The zero-order chi connectivity index (χ0) is 18.8. The van der Waals surface area contributed by atoms with Crippen molar-refractivity contribution in [2.75, 3.05) is 23.7 Å². The zero-order valence-electron chi connectivity index (χ0n) is 15.1. The van der Waals surface area contributed by atoms with Gasteiger partial charge in [0.1, 0.15) is 0 Å². The van der Waals surface area contributed by atoms with Crippen LogP contribution in [0.25, 0.3) is 10.2 Å². The van der Waals surface area contributed by atoms with Crippen LogP contribution < -0.4 is 16.4 Å². The lowest BCUT2D eigenvalue weighted by Gasteiger charge is -2.25. The molecule has 1 saturated heterocycles. The van der Waals surface area contributed by atoms with E-state index >= 15 is 0 Å². The van der Waals surface area contributed by atoms with Gasteiger partial charge >= 0.3 is 0 Å². The van der Waals surface area contributed by atoms with Crippen LogP contribution in [0.5, 0.6) is 0 Å². The van der Waals surface area contributed by atoms with E-state index in [0.717, 1.165) is 48.3 Å². The van der Waals surface area contributed by atoms with Crippen LogP contribution in [0.15, 0.2) is 36.8 Å². The van der Waals surface area contributed by atoms with Gasteiger partial charge in [-0.25, -0.2) is 0 Å². The number of hydrogen-bond donors (Lipinski definition) is 2. The molecule has 7 heteroatoms. The van der Waals surface area contributed by atoms with E-state index in [-0.39, 0.29) is 18.2 Å². The molecule has 1 aliphatic heterocycles. The number of thiophene rings is 1. The molecule has 1 unspecified atom stereocenters. The highest BCUT2D eigenvalue weighted by atomic mass is 32.1. The molecule has 0 aromatic carbocycles. The van der Waals surface area contributed by atoms with Crippen molar-refractivity contribution < 1.29 is 4.79 Å². The molecular weight excluding hydrogens is 358 g/mol. The van der Waals surface area contributed by atoms with Gasteiger partial charge in [-0.2, -0.15) is 0 Å². The number of Topliss-reactive ketones (excluding diaryl/α,β-unsaturated/α-hetero) is 1. The molecule has 0 bridgehead atoms. The number of pyridine rings is 2. The third-order valence-corrected chi connectivity index (χ3v) is 6.07. The van der Waals surface area contributed by atoms with Crippen molar-refractivity contribution in [2.45, 2.75) is 31.7 Å². The second-order valence-corrected chi connectivity index (χ2v) is 8.06. The number of hydrogen-bond acceptors (Lipinski definition) is 7. The van der Waals surface area contributed by atoms with Crippen LogP contribution in [0, 0.1) is 0 Å². The molecule has 27 heavy (non-hydrogen) atoms. The van der Waals surface area contributed by atoms with Gasteiger partial charge in [0.15, 0.2) is 5.78 Å². The highest BCUT2D eigenvalue weighted by Crippen LogP contribution is 2.33. The van der Waals surface area contributed by atoms with E-state index in [2.05, 4.69) is 14.9 Å². The minimum atomic E-state index is -0.0155. The molecule has 0 saturated carbocycles. The average Bonchev–Trinajstić information content (AvgIpc) is 2.85.